The van der Waals surface area contributed by atoms with Gasteiger partial charge >= 0.3 is 0 Å². The molecule has 0 spiro atoms. The minimum absolute atomic E-state index is 0.121. The van der Waals surface area contributed by atoms with Crippen molar-refractivity contribution in [2.75, 3.05) is 25.6 Å². The molecule has 16 heavy (non-hydrogen) atoms. The van der Waals surface area contributed by atoms with Crippen molar-refractivity contribution >= 4 is 11.6 Å². The molecule has 0 radical (unpaired) electrons. The molecule has 0 unspecified atom stereocenters. The van der Waals surface area contributed by atoms with Crippen molar-refractivity contribution < 1.29 is 9.13 Å². The van der Waals surface area contributed by atoms with Crippen LogP contribution in [-0.4, -0.2) is 36.6 Å². The van der Waals surface area contributed by atoms with Gasteiger partial charge in [0.2, 0.25) is 0 Å². The Morgan fingerprint density at radius 1 is 1.38 bits per heavy atom. The molecule has 0 N–H and O–H groups in total. The Bertz CT molecular complexity index is 330. The second-order valence-corrected chi connectivity index (χ2v) is 4.32. The summed E-state index contributed by atoms with van der Waals surface area (Å²) in [6.07, 6.45) is 0.121. The fraction of sp³-hybridized carbons (Fsp3) is 0.500. The molecule has 0 bridgehead atoms. The van der Waals surface area contributed by atoms with E-state index in [9.17, 15) is 4.39 Å². The standard InChI is InChI=1S/C12H15ClFNO/c13-7-12-9-15(5-6-16-12)8-10-1-3-11(14)4-2-10/h1-4,12H,5-9H2/t12-/m1/s1. The molecule has 1 saturated heterocycles. The van der Waals surface area contributed by atoms with Gasteiger partial charge in [-0.25, -0.2) is 4.39 Å². The lowest BCUT2D eigenvalue weighted by molar-refractivity contribution is -0.0194. The van der Waals surface area contributed by atoms with Crippen LogP contribution in [0.25, 0.3) is 0 Å². The van der Waals surface area contributed by atoms with E-state index in [2.05, 4.69) is 4.90 Å². The van der Waals surface area contributed by atoms with Crippen LogP contribution in [0.4, 0.5) is 4.39 Å². The SMILES string of the molecule is Fc1ccc(CN2CCO[C@H](CCl)C2)cc1. The first-order chi connectivity index (χ1) is 7.78. The lowest BCUT2D eigenvalue weighted by Crippen LogP contribution is -2.42. The van der Waals surface area contributed by atoms with Crippen molar-refractivity contribution in [2.24, 2.45) is 0 Å². The van der Waals surface area contributed by atoms with E-state index < -0.39 is 0 Å². The Kier molecular flexibility index (Phi) is 4.16. The summed E-state index contributed by atoms with van der Waals surface area (Å²) < 4.78 is 18.2. The largest absolute Gasteiger partial charge is 0.374 e. The molecule has 0 aliphatic carbocycles. The zero-order valence-corrected chi connectivity index (χ0v) is 9.79. The quantitative estimate of drug-likeness (QED) is 0.756. The highest BCUT2D eigenvalue weighted by atomic mass is 35.5. The van der Waals surface area contributed by atoms with E-state index in [-0.39, 0.29) is 11.9 Å². The van der Waals surface area contributed by atoms with Crippen LogP contribution in [0.1, 0.15) is 5.56 Å². The first-order valence-electron chi connectivity index (χ1n) is 5.42. The number of hydrogen-bond donors (Lipinski definition) is 0. The van der Waals surface area contributed by atoms with Crippen LogP contribution in [0.2, 0.25) is 0 Å². The summed E-state index contributed by atoms with van der Waals surface area (Å²) in [6.45, 7) is 3.31. The zero-order valence-electron chi connectivity index (χ0n) is 9.03. The summed E-state index contributed by atoms with van der Waals surface area (Å²) in [4.78, 5) is 2.28. The molecule has 0 amide bonds. The molecule has 1 aromatic carbocycles. The fourth-order valence-corrected chi connectivity index (χ4v) is 2.05. The van der Waals surface area contributed by atoms with Gasteiger partial charge in [-0.2, -0.15) is 0 Å². The molecule has 4 heteroatoms. The third kappa shape index (κ3) is 3.17. The lowest BCUT2D eigenvalue weighted by atomic mass is 10.2. The van der Waals surface area contributed by atoms with E-state index in [1.165, 1.54) is 12.1 Å². The molecular weight excluding hydrogens is 229 g/mol. The molecule has 0 saturated carbocycles. The summed E-state index contributed by atoms with van der Waals surface area (Å²) in [5, 5.41) is 0. The van der Waals surface area contributed by atoms with Crippen LogP contribution in [0.3, 0.4) is 0 Å². The summed E-state index contributed by atoms with van der Waals surface area (Å²) >= 11 is 5.77. The summed E-state index contributed by atoms with van der Waals surface area (Å²) in [5.74, 6) is 0.337. The number of morpholine rings is 1. The molecular formula is C12H15ClFNO. The molecule has 0 aromatic heterocycles. The van der Waals surface area contributed by atoms with E-state index in [1.54, 1.807) is 0 Å². The molecule has 1 atom stereocenters. The summed E-state index contributed by atoms with van der Waals surface area (Å²) in [6, 6.07) is 6.63. The molecule has 2 rings (SSSR count). The van der Waals surface area contributed by atoms with Gasteiger partial charge < -0.3 is 4.74 Å². The van der Waals surface area contributed by atoms with E-state index >= 15 is 0 Å². The zero-order chi connectivity index (χ0) is 11.4. The number of halogens is 2. The highest BCUT2D eigenvalue weighted by Crippen LogP contribution is 2.11. The van der Waals surface area contributed by atoms with Crippen LogP contribution in [0.15, 0.2) is 24.3 Å². The number of ether oxygens (including phenoxy) is 1. The maximum atomic E-state index is 12.7. The first-order valence-corrected chi connectivity index (χ1v) is 5.96. The number of alkyl halides is 1. The molecule has 1 heterocycles. The van der Waals surface area contributed by atoms with Crippen molar-refractivity contribution in [3.8, 4) is 0 Å². The molecule has 1 aliphatic rings. The van der Waals surface area contributed by atoms with Crippen molar-refractivity contribution in [1.82, 2.24) is 4.90 Å². The second kappa shape index (κ2) is 5.62. The number of benzene rings is 1. The highest BCUT2D eigenvalue weighted by Gasteiger charge is 2.19. The fourth-order valence-electron chi connectivity index (χ4n) is 1.87. The van der Waals surface area contributed by atoms with Gasteiger partial charge in [0.05, 0.1) is 12.7 Å². The van der Waals surface area contributed by atoms with Gasteiger partial charge in [-0.1, -0.05) is 12.1 Å². The molecule has 1 aromatic rings. The van der Waals surface area contributed by atoms with Crippen LogP contribution in [0.5, 0.6) is 0 Å². The van der Waals surface area contributed by atoms with Crippen LogP contribution in [0, 0.1) is 5.82 Å². The molecule has 1 aliphatic heterocycles. The van der Waals surface area contributed by atoms with Crippen LogP contribution >= 0.6 is 11.6 Å². The first kappa shape index (κ1) is 11.8. The van der Waals surface area contributed by atoms with Gasteiger partial charge in [0.25, 0.3) is 0 Å². The van der Waals surface area contributed by atoms with Gasteiger partial charge in [-0.3, -0.25) is 4.90 Å². The van der Waals surface area contributed by atoms with Gasteiger partial charge in [0.1, 0.15) is 5.82 Å². The smallest absolute Gasteiger partial charge is 0.123 e. The number of nitrogens with zero attached hydrogens (tertiary/aromatic N) is 1. The van der Waals surface area contributed by atoms with E-state index in [1.807, 2.05) is 12.1 Å². The number of rotatable bonds is 3. The minimum atomic E-state index is -0.190. The topological polar surface area (TPSA) is 12.5 Å². The summed E-state index contributed by atoms with van der Waals surface area (Å²) in [7, 11) is 0. The van der Waals surface area contributed by atoms with Gasteiger partial charge in [-0.05, 0) is 17.7 Å². The molecule has 88 valence electrons. The predicted octanol–water partition coefficient (Wildman–Crippen LogP) is 2.27. The second-order valence-electron chi connectivity index (χ2n) is 4.01. The van der Waals surface area contributed by atoms with Gasteiger partial charge in [0.15, 0.2) is 0 Å². The Balaban J connectivity index is 1.91. The normalized spacial score (nSPS) is 22.2. The molecule has 1 fully saturated rings. The third-order valence-corrected chi connectivity index (χ3v) is 3.06. The average Bonchev–Trinajstić information content (AvgIpc) is 2.32. The summed E-state index contributed by atoms with van der Waals surface area (Å²) in [5.41, 5.74) is 1.12. The van der Waals surface area contributed by atoms with E-state index in [0.29, 0.717) is 5.88 Å². The van der Waals surface area contributed by atoms with Crippen molar-refractivity contribution in [2.45, 2.75) is 12.6 Å². The van der Waals surface area contributed by atoms with Crippen LogP contribution < -0.4 is 0 Å². The monoisotopic (exact) mass is 243 g/mol. The van der Waals surface area contributed by atoms with E-state index in [0.717, 1.165) is 31.8 Å². The third-order valence-electron chi connectivity index (χ3n) is 2.71. The lowest BCUT2D eigenvalue weighted by Gasteiger charge is -2.31. The van der Waals surface area contributed by atoms with Crippen LogP contribution in [-0.2, 0) is 11.3 Å². The minimum Gasteiger partial charge on any atom is -0.374 e. The van der Waals surface area contributed by atoms with Crippen molar-refractivity contribution in [3.63, 3.8) is 0 Å². The highest BCUT2D eigenvalue weighted by molar-refractivity contribution is 6.18. The predicted molar refractivity (Wildman–Crippen MR) is 62.1 cm³/mol. The maximum Gasteiger partial charge on any atom is 0.123 e. The van der Waals surface area contributed by atoms with Crippen molar-refractivity contribution in [1.29, 1.82) is 0 Å². The van der Waals surface area contributed by atoms with Gasteiger partial charge in [0, 0.05) is 25.5 Å². The Morgan fingerprint density at radius 2 is 2.12 bits per heavy atom. The van der Waals surface area contributed by atoms with Gasteiger partial charge in [-0.15, -0.1) is 11.6 Å². The Hall–Kier alpha value is -0.640. The molecule has 2 nitrogen and oxygen atoms in total. The van der Waals surface area contributed by atoms with Crippen molar-refractivity contribution in [3.05, 3.63) is 35.6 Å². The number of hydrogen-bond acceptors (Lipinski definition) is 2. The average molecular weight is 244 g/mol. The maximum absolute atomic E-state index is 12.7. The Labute approximate surface area is 100.0 Å². The van der Waals surface area contributed by atoms with E-state index in [4.69, 9.17) is 16.3 Å². The Morgan fingerprint density at radius 3 is 2.81 bits per heavy atom.